The zero-order valence-electron chi connectivity index (χ0n) is 11.4. The summed E-state index contributed by atoms with van der Waals surface area (Å²) in [6.45, 7) is 1.55. The molecule has 6 heteroatoms. The van der Waals surface area contributed by atoms with E-state index in [0.29, 0.717) is 5.56 Å². The number of alkyl halides is 1. The minimum absolute atomic E-state index is 0.0509. The highest BCUT2D eigenvalue weighted by Gasteiger charge is 2.22. The van der Waals surface area contributed by atoms with Crippen molar-refractivity contribution < 1.29 is 12.8 Å². The lowest BCUT2D eigenvalue weighted by atomic mass is 10.1. The monoisotopic (exact) mass is 327 g/mol. The average molecular weight is 328 g/mol. The van der Waals surface area contributed by atoms with E-state index >= 15 is 0 Å². The third-order valence-electron chi connectivity index (χ3n) is 3.08. The van der Waals surface area contributed by atoms with Gasteiger partial charge in [-0.25, -0.2) is 17.5 Å². The van der Waals surface area contributed by atoms with Crippen LogP contribution in [0.2, 0.25) is 0 Å². The molecular formula is C15H15ClFNO2S. The molecule has 2 rings (SSSR count). The van der Waals surface area contributed by atoms with Gasteiger partial charge in [0.2, 0.25) is 10.0 Å². The summed E-state index contributed by atoms with van der Waals surface area (Å²) in [6, 6.07) is 12.1. The highest BCUT2D eigenvalue weighted by molar-refractivity contribution is 7.89. The Hall–Kier alpha value is -1.43. The summed E-state index contributed by atoms with van der Waals surface area (Å²) in [7, 11) is -3.77. The lowest BCUT2D eigenvalue weighted by Gasteiger charge is -2.17. The van der Waals surface area contributed by atoms with Gasteiger partial charge in [-0.3, -0.25) is 0 Å². The topological polar surface area (TPSA) is 46.2 Å². The van der Waals surface area contributed by atoms with Crippen LogP contribution in [0.3, 0.4) is 0 Å². The zero-order valence-corrected chi connectivity index (χ0v) is 13.0. The van der Waals surface area contributed by atoms with Gasteiger partial charge in [-0.1, -0.05) is 30.3 Å². The predicted octanol–water partition coefficient (Wildman–Crippen LogP) is 3.39. The van der Waals surface area contributed by atoms with Crippen molar-refractivity contribution in [2.24, 2.45) is 0 Å². The van der Waals surface area contributed by atoms with Crippen LogP contribution in [0.25, 0.3) is 0 Å². The summed E-state index contributed by atoms with van der Waals surface area (Å²) in [5, 5.41) is 0. The van der Waals surface area contributed by atoms with Crippen LogP contribution in [-0.4, -0.2) is 14.3 Å². The van der Waals surface area contributed by atoms with Gasteiger partial charge in [0.1, 0.15) is 5.82 Å². The molecule has 0 fully saturated rings. The summed E-state index contributed by atoms with van der Waals surface area (Å²) in [5.74, 6) is -0.368. The van der Waals surface area contributed by atoms with Gasteiger partial charge in [0.25, 0.3) is 0 Å². The molecule has 0 aliphatic carbocycles. The Morgan fingerprint density at radius 3 is 2.43 bits per heavy atom. The molecule has 3 nitrogen and oxygen atoms in total. The zero-order chi connectivity index (χ0) is 15.5. The van der Waals surface area contributed by atoms with Crippen LogP contribution < -0.4 is 4.72 Å². The Morgan fingerprint density at radius 1 is 1.19 bits per heavy atom. The van der Waals surface area contributed by atoms with Crippen LogP contribution >= 0.6 is 11.6 Å². The Morgan fingerprint density at radius 2 is 1.86 bits per heavy atom. The van der Waals surface area contributed by atoms with Gasteiger partial charge >= 0.3 is 0 Å². The lowest BCUT2D eigenvalue weighted by molar-refractivity contribution is 0.566. The molecule has 2 aromatic rings. The maximum Gasteiger partial charge on any atom is 0.241 e. The van der Waals surface area contributed by atoms with Crippen molar-refractivity contribution in [3.63, 3.8) is 0 Å². The molecule has 1 unspecified atom stereocenters. The van der Waals surface area contributed by atoms with Crippen molar-refractivity contribution in [2.45, 2.75) is 17.9 Å². The van der Waals surface area contributed by atoms with Crippen LogP contribution in [0.1, 0.15) is 17.2 Å². The first-order valence-corrected chi connectivity index (χ1v) is 8.35. The molecule has 0 heterocycles. The molecule has 0 radical (unpaired) electrons. The Balaban J connectivity index is 2.32. The molecule has 0 aromatic heterocycles. The number of aryl methyl sites for hydroxylation is 1. The second-order valence-corrected chi connectivity index (χ2v) is 6.64. The van der Waals surface area contributed by atoms with Crippen molar-refractivity contribution in [3.8, 4) is 0 Å². The van der Waals surface area contributed by atoms with Crippen LogP contribution in [0, 0.1) is 12.7 Å². The van der Waals surface area contributed by atoms with Gasteiger partial charge in [-0.2, -0.15) is 0 Å². The van der Waals surface area contributed by atoms with Crippen molar-refractivity contribution >= 4 is 21.6 Å². The van der Waals surface area contributed by atoms with E-state index in [1.54, 1.807) is 19.1 Å². The smallest absolute Gasteiger partial charge is 0.207 e. The predicted molar refractivity (Wildman–Crippen MR) is 81.4 cm³/mol. The molecule has 2 aromatic carbocycles. The van der Waals surface area contributed by atoms with E-state index in [2.05, 4.69) is 4.72 Å². The second-order valence-electron chi connectivity index (χ2n) is 4.65. The summed E-state index contributed by atoms with van der Waals surface area (Å²) < 4.78 is 40.5. The molecule has 0 bridgehead atoms. The second kappa shape index (κ2) is 6.56. The van der Waals surface area contributed by atoms with E-state index < -0.39 is 21.9 Å². The van der Waals surface area contributed by atoms with Crippen LogP contribution in [0.4, 0.5) is 4.39 Å². The lowest BCUT2D eigenvalue weighted by Crippen LogP contribution is -2.30. The number of hydrogen-bond acceptors (Lipinski definition) is 2. The maximum absolute atomic E-state index is 13.1. The summed E-state index contributed by atoms with van der Waals surface area (Å²) in [4.78, 5) is 0.0509. The molecule has 21 heavy (non-hydrogen) atoms. The molecule has 1 N–H and O–H groups in total. The van der Waals surface area contributed by atoms with Gasteiger partial charge in [-0.15, -0.1) is 11.6 Å². The van der Waals surface area contributed by atoms with Gasteiger partial charge in [0, 0.05) is 5.88 Å². The van der Waals surface area contributed by atoms with Crippen LogP contribution in [0.15, 0.2) is 53.4 Å². The van der Waals surface area contributed by atoms with Gasteiger partial charge < -0.3 is 0 Å². The van der Waals surface area contributed by atoms with Crippen LogP contribution in [0.5, 0.6) is 0 Å². The van der Waals surface area contributed by atoms with Crippen LogP contribution in [-0.2, 0) is 10.0 Å². The molecule has 0 saturated heterocycles. The van der Waals surface area contributed by atoms with E-state index in [9.17, 15) is 12.8 Å². The standard InChI is InChI=1S/C15H15ClFNO2S/c1-11-9-13(17)7-8-15(11)21(19,20)18-14(10-16)12-5-3-2-4-6-12/h2-9,14,18H,10H2,1H3. The van der Waals surface area contributed by atoms with Crippen molar-refractivity contribution in [3.05, 3.63) is 65.5 Å². The fourth-order valence-electron chi connectivity index (χ4n) is 2.04. The van der Waals surface area contributed by atoms with E-state index in [0.717, 1.165) is 11.6 Å². The number of rotatable bonds is 5. The average Bonchev–Trinajstić information content (AvgIpc) is 2.45. The summed E-state index contributed by atoms with van der Waals surface area (Å²) in [6.07, 6.45) is 0. The minimum atomic E-state index is -3.77. The highest BCUT2D eigenvalue weighted by Crippen LogP contribution is 2.21. The molecule has 112 valence electrons. The molecule has 0 saturated carbocycles. The molecule has 0 aliphatic heterocycles. The largest absolute Gasteiger partial charge is 0.241 e. The van der Waals surface area contributed by atoms with E-state index in [1.165, 1.54) is 12.1 Å². The maximum atomic E-state index is 13.1. The Bertz CT molecular complexity index is 720. The SMILES string of the molecule is Cc1cc(F)ccc1S(=O)(=O)NC(CCl)c1ccccc1. The molecule has 1 atom stereocenters. The van der Waals surface area contributed by atoms with Gasteiger partial charge in [0.15, 0.2) is 0 Å². The number of sulfonamides is 1. The fourth-order valence-corrected chi connectivity index (χ4v) is 3.84. The summed E-state index contributed by atoms with van der Waals surface area (Å²) in [5.41, 5.74) is 1.12. The van der Waals surface area contributed by atoms with Crippen molar-refractivity contribution in [2.75, 3.05) is 5.88 Å². The molecule has 0 aliphatic rings. The third kappa shape index (κ3) is 3.81. The van der Waals surface area contributed by atoms with Crippen molar-refractivity contribution in [1.82, 2.24) is 4.72 Å². The Kier molecular flexibility index (Phi) is 4.98. The number of hydrogen-bond donors (Lipinski definition) is 1. The molecule has 0 spiro atoms. The highest BCUT2D eigenvalue weighted by atomic mass is 35.5. The number of halogens is 2. The molecular weight excluding hydrogens is 313 g/mol. The van der Waals surface area contributed by atoms with E-state index in [4.69, 9.17) is 11.6 Å². The quantitative estimate of drug-likeness (QED) is 0.856. The van der Waals surface area contributed by atoms with Gasteiger partial charge in [0.05, 0.1) is 10.9 Å². The van der Waals surface area contributed by atoms with Gasteiger partial charge in [-0.05, 0) is 36.2 Å². The summed E-state index contributed by atoms with van der Waals surface area (Å²) >= 11 is 5.87. The number of nitrogens with one attached hydrogen (secondary N) is 1. The van der Waals surface area contributed by atoms with Crippen molar-refractivity contribution in [1.29, 1.82) is 0 Å². The minimum Gasteiger partial charge on any atom is -0.207 e. The fraction of sp³-hybridized carbons (Fsp3) is 0.200. The first-order chi connectivity index (χ1) is 9.94. The van der Waals surface area contributed by atoms with E-state index in [1.807, 2.05) is 18.2 Å². The first kappa shape index (κ1) is 15.9. The number of benzene rings is 2. The first-order valence-electron chi connectivity index (χ1n) is 6.33. The molecule has 0 amide bonds. The Labute approximate surface area is 128 Å². The van der Waals surface area contributed by atoms with E-state index in [-0.39, 0.29) is 10.8 Å². The third-order valence-corrected chi connectivity index (χ3v) is 5.02. The normalized spacial score (nSPS) is 13.1.